The van der Waals surface area contributed by atoms with Gasteiger partial charge in [0.1, 0.15) is 11.4 Å². The van der Waals surface area contributed by atoms with Gasteiger partial charge in [-0.05, 0) is 31.5 Å². The van der Waals surface area contributed by atoms with E-state index in [2.05, 4.69) is 4.74 Å². The lowest BCUT2D eigenvalue weighted by molar-refractivity contribution is -0.274. The molecule has 0 atom stereocenters. The Morgan fingerprint density at radius 3 is 2.11 bits per heavy atom. The van der Waals surface area contributed by atoms with Gasteiger partial charge in [0.05, 0.1) is 0 Å². The van der Waals surface area contributed by atoms with Crippen LogP contribution in [-0.4, -0.2) is 24.9 Å². The van der Waals surface area contributed by atoms with Gasteiger partial charge in [-0.15, -0.1) is 13.2 Å². The summed E-state index contributed by atoms with van der Waals surface area (Å²) in [5.41, 5.74) is -0.314. The van der Waals surface area contributed by atoms with Gasteiger partial charge in [-0.25, -0.2) is 0 Å². The topological polar surface area (TPSA) is 35.5 Å². The number of carbonyl (C=O) groups excluding carboxylic acids is 1. The molecular weight excluding hydrogens is 261 g/mol. The predicted molar refractivity (Wildman–Crippen MR) is 62.9 cm³/mol. The number of benzene rings is 1. The number of hydrogen-bond donors (Lipinski definition) is 0. The fraction of sp³-hybridized carbons (Fsp3) is 0.462. The van der Waals surface area contributed by atoms with Gasteiger partial charge in [-0.2, -0.15) is 0 Å². The maximum atomic E-state index is 12.0. The van der Waals surface area contributed by atoms with Gasteiger partial charge >= 0.3 is 6.36 Å². The Morgan fingerprint density at radius 2 is 1.68 bits per heavy atom. The van der Waals surface area contributed by atoms with Crippen molar-refractivity contribution in [3.63, 3.8) is 0 Å². The van der Waals surface area contributed by atoms with Crippen LogP contribution in [0.1, 0.15) is 19.4 Å². The van der Waals surface area contributed by atoms with E-state index in [1.807, 2.05) is 0 Å². The van der Waals surface area contributed by atoms with Crippen LogP contribution in [0, 0.1) is 0 Å². The minimum Gasteiger partial charge on any atom is -0.406 e. The van der Waals surface area contributed by atoms with Gasteiger partial charge in [0.2, 0.25) is 0 Å². The zero-order chi connectivity index (χ0) is 14.7. The molecule has 6 heteroatoms. The summed E-state index contributed by atoms with van der Waals surface area (Å²) in [5, 5.41) is 0. The van der Waals surface area contributed by atoms with Crippen LogP contribution in [0.4, 0.5) is 13.2 Å². The van der Waals surface area contributed by atoms with Gasteiger partial charge in [-0.3, -0.25) is 4.79 Å². The fourth-order valence-electron chi connectivity index (χ4n) is 1.32. The maximum Gasteiger partial charge on any atom is 0.573 e. The lowest BCUT2D eigenvalue weighted by Gasteiger charge is -2.21. The number of carbonyl (C=O) groups is 1. The summed E-state index contributed by atoms with van der Waals surface area (Å²) in [6.45, 7) is 3.27. The summed E-state index contributed by atoms with van der Waals surface area (Å²) >= 11 is 0. The number of rotatable bonds is 5. The first-order valence-electron chi connectivity index (χ1n) is 5.57. The van der Waals surface area contributed by atoms with Crippen LogP contribution in [0.15, 0.2) is 24.3 Å². The molecule has 1 rings (SSSR count). The molecule has 0 aliphatic rings. The average molecular weight is 276 g/mol. The number of alkyl halides is 3. The number of methoxy groups -OCH3 is 1. The molecule has 0 bridgehead atoms. The molecule has 0 heterocycles. The highest BCUT2D eigenvalue weighted by atomic mass is 19.4. The van der Waals surface area contributed by atoms with E-state index in [1.165, 1.54) is 31.4 Å². The first-order valence-corrected chi connectivity index (χ1v) is 5.57. The molecule has 1 aromatic rings. The van der Waals surface area contributed by atoms with E-state index >= 15 is 0 Å². The maximum absolute atomic E-state index is 12.0. The largest absolute Gasteiger partial charge is 0.573 e. The van der Waals surface area contributed by atoms with Crippen molar-refractivity contribution in [3.8, 4) is 5.75 Å². The molecule has 0 aliphatic carbocycles. The van der Waals surface area contributed by atoms with Crippen LogP contribution < -0.4 is 4.74 Å². The van der Waals surface area contributed by atoms with Gasteiger partial charge in [0, 0.05) is 13.5 Å². The highest BCUT2D eigenvalue weighted by Gasteiger charge is 2.31. The second kappa shape index (κ2) is 5.61. The van der Waals surface area contributed by atoms with E-state index < -0.39 is 12.0 Å². The first-order chi connectivity index (χ1) is 8.64. The molecule has 0 spiro atoms. The number of halogens is 3. The SMILES string of the molecule is COC(C)(C)C(=O)Cc1ccc(OC(F)(F)F)cc1. The predicted octanol–water partition coefficient (Wildman–Crippen LogP) is 3.12. The first kappa shape index (κ1) is 15.5. The molecule has 0 radical (unpaired) electrons. The molecule has 0 amide bonds. The summed E-state index contributed by atoms with van der Waals surface area (Å²) in [6.07, 6.45) is -4.62. The zero-order valence-electron chi connectivity index (χ0n) is 10.9. The summed E-state index contributed by atoms with van der Waals surface area (Å²) in [6, 6.07) is 5.20. The Morgan fingerprint density at radius 1 is 1.16 bits per heavy atom. The van der Waals surface area contributed by atoms with Crippen molar-refractivity contribution in [1.29, 1.82) is 0 Å². The molecule has 0 aromatic heterocycles. The van der Waals surface area contributed by atoms with Crippen molar-refractivity contribution in [2.45, 2.75) is 32.2 Å². The Labute approximate surface area is 109 Å². The van der Waals surface area contributed by atoms with E-state index in [9.17, 15) is 18.0 Å². The second-order valence-electron chi connectivity index (χ2n) is 4.51. The third-order valence-electron chi connectivity index (χ3n) is 2.70. The van der Waals surface area contributed by atoms with Gasteiger partial charge in [0.15, 0.2) is 5.78 Å². The molecule has 1 aromatic carbocycles. The van der Waals surface area contributed by atoms with Crippen LogP contribution in [0.3, 0.4) is 0 Å². The summed E-state index contributed by atoms with van der Waals surface area (Å²) in [7, 11) is 1.43. The van der Waals surface area contributed by atoms with Crippen molar-refractivity contribution in [1.82, 2.24) is 0 Å². The molecule has 0 saturated heterocycles. The fourth-order valence-corrected chi connectivity index (χ4v) is 1.32. The van der Waals surface area contributed by atoms with Crippen molar-refractivity contribution in [3.05, 3.63) is 29.8 Å². The van der Waals surface area contributed by atoms with Crippen molar-refractivity contribution in [2.24, 2.45) is 0 Å². The lowest BCUT2D eigenvalue weighted by atomic mass is 9.97. The Kier molecular flexibility index (Phi) is 4.57. The second-order valence-corrected chi connectivity index (χ2v) is 4.51. The third-order valence-corrected chi connectivity index (χ3v) is 2.70. The third kappa shape index (κ3) is 4.90. The molecule has 0 N–H and O–H groups in total. The molecule has 19 heavy (non-hydrogen) atoms. The number of hydrogen-bond acceptors (Lipinski definition) is 3. The van der Waals surface area contributed by atoms with Crippen molar-refractivity contribution in [2.75, 3.05) is 7.11 Å². The Bertz CT molecular complexity index is 435. The van der Waals surface area contributed by atoms with Crippen LogP contribution in [-0.2, 0) is 16.0 Å². The van der Waals surface area contributed by atoms with E-state index in [4.69, 9.17) is 4.74 Å². The van der Waals surface area contributed by atoms with E-state index in [0.717, 1.165) is 0 Å². The molecule has 0 saturated carbocycles. The summed E-state index contributed by atoms with van der Waals surface area (Å²) < 4.78 is 44.7. The van der Waals surface area contributed by atoms with Crippen molar-refractivity contribution >= 4 is 5.78 Å². The standard InChI is InChI=1S/C13H15F3O3/c1-12(2,18-3)11(17)8-9-4-6-10(7-5-9)19-13(14,15)16/h4-7H,8H2,1-3H3. The highest BCUT2D eigenvalue weighted by molar-refractivity contribution is 5.88. The Hall–Kier alpha value is -1.56. The quantitative estimate of drug-likeness (QED) is 0.829. The van der Waals surface area contributed by atoms with Gasteiger partial charge in [-0.1, -0.05) is 12.1 Å². The molecule has 0 fully saturated rings. The highest BCUT2D eigenvalue weighted by Crippen LogP contribution is 2.23. The van der Waals surface area contributed by atoms with Gasteiger partial charge < -0.3 is 9.47 Å². The van der Waals surface area contributed by atoms with Crippen LogP contribution >= 0.6 is 0 Å². The van der Waals surface area contributed by atoms with Crippen LogP contribution in [0.5, 0.6) is 5.75 Å². The lowest BCUT2D eigenvalue weighted by Crippen LogP contribution is -2.35. The summed E-state index contributed by atoms with van der Waals surface area (Å²) in [4.78, 5) is 11.8. The minimum atomic E-state index is -4.71. The van der Waals surface area contributed by atoms with E-state index in [1.54, 1.807) is 13.8 Å². The van der Waals surface area contributed by atoms with E-state index in [0.29, 0.717) is 5.56 Å². The van der Waals surface area contributed by atoms with Gasteiger partial charge in [0.25, 0.3) is 0 Å². The number of Topliss-reactive ketones (excluding diaryl/α,β-unsaturated/α-hetero) is 1. The molecular formula is C13H15F3O3. The van der Waals surface area contributed by atoms with Crippen LogP contribution in [0.2, 0.25) is 0 Å². The number of ether oxygens (including phenoxy) is 2. The Balaban J connectivity index is 2.70. The molecule has 0 unspecified atom stereocenters. The normalized spacial score (nSPS) is 12.3. The zero-order valence-corrected chi connectivity index (χ0v) is 10.9. The number of ketones is 1. The molecule has 3 nitrogen and oxygen atoms in total. The van der Waals surface area contributed by atoms with Crippen LogP contribution in [0.25, 0.3) is 0 Å². The molecule has 106 valence electrons. The minimum absolute atomic E-state index is 0.0904. The average Bonchev–Trinajstić information content (AvgIpc) is 2.29. The monoisotopic (exact) mass is 276 g/mol. The smallest absolute Gasteiger partial charge is 0.406 e. The molecule has 0 aliphatic heterocycles. The van der Waals surface area contributed by atoms with E-state index in [-0.39, 0.29) is 18.0 Å². The van der Waals surface area contributed by atoms with Crippen molar-refractivity contribution < 1.29 is 27.4 Å². The summed E-state index contributed by atoms with van der Waals surface area (Å²) in [5.74, 6) is -0.464.